The third kappa shape index (κ3) is 5.66. The van der Waals surface area contributed by atoms with Gasteiger partial charge in [-0.25, -0.2) is 0 Å². The van der Waals surface area contributed by atoms with Crippen LogP contribution in [0.4, 0.5) is 34.3 Å². The van der Waals surface area contributed by atoms with Crippen LogP contribution in [0.3, 0.4) is 0 Å². The Morgan fingerprint density at radius 2 is 1.09 bits per heavy atom. The Kier molecular flexibility index (Phi) is 8.38. The lowest BCUT2D eigenvalue weighted by Crippen LogP contribution is -2.60. The summed E-state index contributed by atoms with van der Waals surface area (Å²) in [5.41, 5.74) is 19.7. The molecule has 7 aromatic carbocycles. The molecule has 0 bridgehead atoms. The molecule has 3 nitrogen and oxygen atoms in total. The second kappa shape index (κ2) is 13.7. The predicted octanol–water partition coefficient (Wildman–Crippen LogP) is 14.8. The number of fused-ring (bicyclic) bond motifs is 9. The lowest BCUT2D eigenvalue weighted by Gasteiger charge is -2.41. The van der Waals surface area contributed by atoms with Crippen LogP contribution in [0.2, 0.25) is 0 Å². The van der Waals surface area contributed by atoms with Crippen LogP contribution >= 0.6 is 11.3 Å². The highest BCUT2D eigenvalue weighted by atomic mass is 32.1. The standard InChI is InChI=1S/C59H51BN2OS/c1-57(2,3)38-26-30-40(31-27-38)61-47-24-17-25-48-51(47)60(55-53(61)44-34-43-42-22-15-16-23-45(42)59(7,8)46(43)35-49(44)64-55)52-50(36-18-11-9-12-19-36)54(37-20-13-10-14-21-37)63-56(52)62(48)41-32-28-39(29-33-41)58(4,5)6/h9-35H,1-8H3. The van der Waals surface area contributed by atoms with Gasteiger partial charge >= 0.3 is 0 Å². The minimum absolute atomic E-state index is 0.0202. The van der Waals surface area contributed by atoms with E-state index in [1.807, 2.05) is 11.3 Å². The molecule has 2 aromatic heterocycles. The average Bonchev–Trinajstić information content (AvgIpc) is 3.94. The van der Waals surface area contributed by atoms with Crippen molar-refractivity contribution in [3.8, 4) is 33.6 Å². The molecule has 0 N–H and O–H groups in total. The zero-order valence-electron chi connectivity index (χ0n) is 37.9. The van der Waals surface area contributed by atoms with Crippen LogP contribution in [-0.4, -0.2) is 6.71 Å². The molecular formula is C59H51BN2OS. The number of anilines is 6. The van der Waals surface area contributed by atoms with Crippen molar-refractivity contribution >= 4 is 78.2 Å². The summed E-state index contributed by atoms with van der Waals surface area (Å²) in [6.07, 6.45) is 0. The molecule has 0 spiro atoms. The number of hydrogen-bond acceptors (Lipinski definition) is 4. The second-order valence-electron chi connectivity index (χ2n) is 20.5. The highest BCUT2D eigenvalue weighted by Gasteiger charge is 2.49. The zero-order valence-corrected chi connectivity index (χ0v) is 38.7. The van der Waals surface area contributed by atoms with Crippen LogP contribution in [-0.2, 0) is 16.2 Å². The lowest BCUT2D eigenvalue weighted by atomic mass is 9.36. The van der Waals surface area contributed by atoms with E-state index in [1.165, 1.54) is 70.5 Å². The zero-order chi connectivity index (χ0) is 43.9. The molecule has 2 aliphatic heterocycles. The first-order valence-corrected chi connectivity index (χ1v) is 23.5. The number of furan rings is 1. The summed E-state index contributed by atoms with van der Waals surface area (Å²) in [4.78, 5) is 4.99. The topological polar surface area (TPSA) is 19.6 Å². The van der Waals surface area contributed by atoms with E-state index in [9.17, 15) is 0 Å². The third-order valence-corrected chi connectivity index (χ3v) is 15.4. The van der Waals surface area contributed by atoms with Crippen molar-refractivity contribution in [1.29, 1.82) is 0 Å². The van der Waals surface area contributed by atoms with E-state index >= 15 is 0 Å². The first kappa shape index (κ1) is 39.1. The molecule has 0 unspecified atom stereocenters. The van der Waals surface area contributed by atoms with E-state index < -0.39 is 0 Å². The maximum Gasteiger partial charge on any atom is 0.269 e. The van der Waals surface area contributed by atoms with E-state index in [0.29, 0.717) is 0 Å². The summed E-state index contributed by atoms with van der Waals surface area (Å²) >= 11 is 1.96. The first-order valence-electron chi connectivity index (χ1n) is 22.7. The maximum absolute atomic E-state index is 7.49. The van der Waals surface area contributed by atoms with Gasteiger partial charge in [-0.1, -0.05) is 171 Å². The molecule has 12 rings (SSSR count). The molecule has 0 fully saturated rings. The number of nitrogens with zero attached hydrogens (tertiary/aromatic N) is 2. The van der Waals surface area contributed by atoms with Gasteiger partial charge in [0, 0.05) is 59.6 Å². The van der Waals surface area contributed by atoms with Gasteiger partial charge in [0.25, 0.3) is 6.71 Å². The molecule has 5 heteroatoms. The van der Waals surface area contributed by atoms with Crippen molar-refractivity contribution in [2.75, 3.05) is 9.80 Å². The Bertz CT molecular complexity index is 3310. The fourth-order valence-electron chi connectivity index (χ4n) is 10.9. The minimum atomic E-state index is -0.111. The fourth-order valence-corrected chi connectivity index (χ4v) is 12.2. The average molecular weight is 847 g/mol. The third-order valence-electron chi connectivity index (χ3n) is 14.2. The maximum atomic E-state index is 7.49. The monoisotopic (exact) mass is 846 g/mol. The van der Waals surface area contributed by atoms with Gasteiger partial charge in [0.05, 0.1) is 5.69 Å². The Morgan fingerprint density at radius 1 is 0.531 bits per heavy atom. The van der Waals surface area contributed by atoms with Crippen molar-refractivity contribution in [2.24, 2.45) is 0 Å². The highest BCUT2D eigenvalue weighted by molar-refractivity contribution is 7.34. The first-order chi connectivity index (χ1) is 30.8. The fraction of sp³-hybridized carbons (Fsp3) is 0.186. The van der Waals surface area contributed by atoms with Crippen molar-refractivity contribution in [2.45, 2.75) is 71.6 Å². The highest BCUT2D eigenvalue weighted by Crippen LogP contribution is 2.55. The van der Waals surface area contributed by atoms with Gasteiger partial charge in [-0.05, 0) is 104 Å². The molecule has 0 saturated heterocycles. The van der Waals surface area contributed by atoms with Gasteiger partial charge < -0.3 is 9.32 Å². The van der Waals surface area contributed by atoms with E-state index in [-0.39, 0.29) is 23.0 Å². The van der Waals surface area contributed by atoms with Gasteiger partial charge in [-0.2, -0.15) is 0 Å². The number of rotatable bonds is 4. The van der Waals surface area contributed by atoms with Crippen LogP contribution in [0, 0.1) is 0 Å². The summed E-state index contributed by atoms with van der Waals surface area (Å²) in [5.74, 6) is 1.77. The van der Waals surface area contributed by atoms with Crippen LogP contribution in [0.15, 0.2) is 168 Å². The second-order valence-corrected chi connectivity index (χ2v) is 21.6. The quantitative estimate of drug-likeness (QED) is 0.165. The molecule has 1 aliphatic carbocycles. The normalized spacial score (nSPS) is 14.6. The number of hydrogen-bond donors (Lipinski definition) is 0. The molecular weight excluding hydrogens is 796 g/mol. The van der Waals surface area contributed by atoms with Crippen LogP contribution in [0.5, 0.6) is 0 Å². The minimum Gasteiger partial charge on any atom is -0.440 e. The smallest absolute Gasteiger partial charge is 0.269 e. The summed E-state index contributed by atoms with van der Waals surface area (Å²) < 4.78 is 10.1. The number of thiophene rings is 1. The van der Waals surface area contributed by atoms with E-state index in [4.69, 9.17) is 4.42 Å². The summed E-state index contributed by atoms with van der Waals surface area (Å²) in [6, 6.07) is 61.1. The van der Waals surface area contributed by atoms with E-state index in [0.717, 1.165) is 45.4 Å². The van der Waals surface area contributed by atoms with Crippen LogP contribution in [0.25, 0.3) is 43.7 Å². The van der Waals surface area contributed by atoms with Gasteiger partial charge in [0.1, 0.15) is 5.76 Å². The Hall–Kier alpha value is -6.56. The Balaban J connectivity index is 1.21. The number of benzene rings is 7. The Morgan fingerprint density at radius 3 is 1.72 bits per heavy atom. The lowest BCUT2D eigenvalue weighted by molar-refractivity contribution is 0.588. The molecule has 0 amide bonds. The summed E-state index contributed by atoms with van der Waals surface area (Å²) in [6.45, 7) is 18.4. The summed E-state index contributed by atoms with van der Waals surface area (Å²) in [7, 11) is 0. The van der Waals surface area contributed by atoms with Crippen LogP contribution in [0.1, 0.15) is 77.6 Å². The molecule has 312 valence electrons. The van der Waals surface area contributed by atoms with Crippen LogP contribution < -0.4 is 25.5 Å². The van der Waals surface area contributed by atoms with Crippen molar-refractivity contribution in [1.82, 2.24) is 0 Å². The van der Waals surface area contributed by atoms with Gasteiger partial charge in [-0.3, -0.25) is 4.90 Å². The molecule has 3 aliphatic rings. The van der Waals surface area contributed by atoms with E-state index in [1.54, 1.807) is 0 Å². The SMILES string of the molecule is CC(C)(C)c1ccc(N2c3cccc4c3B(c3sc5cc6c(cc5c3N4c3ccc(C(C)(C)C)cc3)-c3ccccc3C6(C)C)c3c2oc(-c2ccccc2)c3-c2ccccc2)cc1. The molecule has 0 atom stereocenters. The molecule has 4 heterocycles. The van der Waals surface area contributed by atoms with Gasteiger partial charge in [0.15, 0.2) is 0 Å². The van der Waals surface area contributed by atoms with Crippen molar-refractivity contribution < 1.29 is 4.42 Å². The van der Waals surface area contributed by atoms with Gasteiger partial charge in [-0.15, -0.1) is 11.3 Å². The summed E-state index contributed by atoms with van der Waals surface area (Å²) in [5, 5.41) is 1.29. The molecule has 0 radical (unpaired) electrons. The van der Waals surface area contributed by atoms with Crippen molar-refractivity contribution in [3.05, 3.63) is 186 Å². The van der Waals surface area contributed by atoms with Gasteiger partial charge in [0.2, 0.25) is 5.88 Å². The largest absolute Gasteiger partial charge is 0.440 e. The molecule has 9 aromatic rings. The molecule has 64 heavy (non-hydrogen) atoms. The molecule has 0 saturated carbocycles. The Labute approximate surface area is 381 Å². The predicted molar refractivity (Wildman–Crippen MR) is 274 cm³/mol. The van der Waals surface area contributed by atoms with Crippen molar-refractivity contribution in [3.63, 3.8) is 0 Å². The van der Waals surface area contributed by atoms with E-state index in [2.05, 4.69) is 229 Å².